The van der Waals surface area contributed by atoms with E-state index in [-0.39, 0.29) is 5.91 Å². The van der Waals surface area contributed by atoms with Gasteiger partial charge in [-0.1, -0.05) is 17.7 Å². The van der Waals surface area contributed by atoms with E-state index in [1.54, 1.807) is 0 Å². The molecular formula is C19H25ClN4O. The van der Waals surface area contributed by atoms with E-state index in [0.29, 0.717) is 23.3 Å². The molecule has 2 N–H and O–H groups in total. The van der Waals surface area contributed by atoms with Crippen LogP contribution in [0.2, 0.25) is 5.02 Å². The number of nitrogens with one attached hydrogen (secondary N) is 2. The number of aromatic nitrogens is 2. The van der Waals surface area contributed by atoms with E-state index in [1.807, 2.05) is 31.2 Å². The predicted octanol–water partition coefficient (Wildman–Crippen LogP) is 4.24. The summed E-state index contributed by atoms with van der Waals surface area (Å²) in [5.74, 6) is 0.638. The first-order valence-electron chi connectivity index (χ1n) is 8.89. The lowest BCUT2D eigenvalue weighted by Crippen LogP contribution is -2.28. The fourth-order valence-corrected chi connectivity index (χ4v) is 3.55. The second kappa shape index (κ2) is 8.02. The van der Waals surface area contributed by atoms with E-state index in [9.17, 15) is 4.79 Å². The number of aryl methyl sites for hydroxylation is 1. The fourth-order valence-electron chi connectivity index (χ4n) is 3.37. The average molecular weight is 361 g/mol. The Hall–Kier alpha value is -1.85. The van der Waals surface area contributed by atoms with Crippen molar-refractivity contribution >= 4 is 23.3 Å². The summed E-state index contributed by atoms with van der Waals surface area (Å²) in [4.78, 5) is 14.6. The molecule has 0 saturated carbocycles. The number of benzene rings is 1. The molecule has 0 radical (unpaired) electrons. The molecule has 1 aliphatic heterocycles. The third-order valence-electron chi connectivity index (χ3n) is 4.87. The van der Waals surface area contributed by atoms with E-state index >= 15 is 0 Å². The Morgan fingerprint density at radius 1 is 1.44 bits per heavy atom. The van der Waals surface area contributed by atoms with E-state index in [1.165, 1.54) is 12.8 Å². The maximum Gasteiger partial charge on any atom is 0.225 e. The van der Waals surface area contributed by atoms with Crippen LogP contribution in [0.3, 0.4) is 0 Å². The Kier molecular flexibility index (Phi) is 5.76. The molecule has 1 atom stereocenters. The zero-order valence-electron chi connectivity index (χ0n) is 14.8. The van der Waals surface area contributed by atoms with E-state index < -0.39 is 0 Å². The van der Waals surface area contributed by atoms with Crippen LogP contribution in [0, 0.1) is 6.92 Å². The first-order chi connectivity index (χ1) is 12.0. The molecule has 134 valence electrons. The minimum Gasteiger partial charge on any atom is -0.311 e. The van der Waals surface area contributed by atoms with Gasteiger partial charge in [-0.3, -0.25) is 9.89 Å². The van der Waals surface area contributed by atoms with Gasteiger partial charge < -0.3 is 10.2 Å². The van der Waals surface area contributed by atoms with Gasteiger partial charge in [-0.15, -0.1) is 0 Å². The van der Waals surface area contributed by atoms with Crippen LogP contribution in [-0.2, 0) is 4.79 Å². The number of carbonyl (C=O) groups excluding carboxylic acids is 1. The summed E-state index contributed by atoms with van der Waals surface area (Å²) < 4.78 is 0. The molecule has 0 bridgehead atoms. The summed E-state index contributed by atoms with van der Waals surface area (Å²) in [7, 11) is 0. The number of hydrogen-bond acceptors (Lipinski definition) is 3. The third-order valence-corrected chi connectivity index (χ3v) is 5.10. The highest BCUT2D eigenvalue weighted by Gasteiger charge is 2.19. The molecule has 1 aromatic heterocycles. The minimum atomic E-state index is 0.0184. The van der Waals surface area contributed by atoms with Gasteiger partial charge >= 0.3 is 0 Å². The number of rotatable bonds is 6. The average Bonchev–Trinajstić information content (AvgIpc) is 3.19. The fraction of sp³-hybridized carbons (Fsp3) is 0.474. The number of anilines is 1. The number of H-pyrrole nitrogens is 1. The number of aromatic amines is 1. The van der Waals surface area contributed by atoms with Crippen molar-refractivity contribution in [1.29, 1.82) is 0 Å². The van der Waals surface area contributed by atoms with Crippen LogP contribution in [0.1, 0.15) is 38.2 Å². The first-order valence-corrected chi connectivity index (χ1v) is 9.26. The number of carbonyl (C=O) groups is 1. The van der Waals surface area contributed by atoms with Crippen molar-refractivity contribution in [1.82, 2.24) is 15.1 Å². The molecule has 1 fully saturated rings. The number of halogens is 1. The van der Waals surface area contributed by atoms with Crippen LogP contribution in [-0.4, -0.2) is 40.1 Å². The molecule has 3 rings (SSSR count). The Bertz CT molecular complexity index is 743. The summed E-state index contributed by atoms with van der Waals surface area (Å²) in [6, 6.07) is 8.20. The normalized spacial score (nSPS) is 17.8. The Morgan fingerprint density at radius 2 is 2.28 bits per heavy atom. The van der Waals surface area contributed by atoms with Crippen molar-refractivity contribution in [3.8, 4) is 11.3 Å². The van der Waals surface area contributed by atoms with Gasteiger partial charge in [0.1, 0.15) is 5.82 Å². The number of nitrogens with zero attached hydrogens (tertiary/aromatic N) is 2. The van der Waals surface area contributed by atoms with Gasteiger partial charge in [0.05, 0.1) is 5.69 Å². The van der Waals surface area contributed by atoms with Crippen LogP contribution in [0.4, 0.5) is 5.82 Å². The van der Waals surface area contributed by atoms with Crippen molar-refractivity contribution < 1.29 is 4.79 Å². The molecule has 1 saturated heterocycles. The largest absolute Gasteiger partial charge is 0.311 e. The highest BCUT2D eigenvalue weighted by molar-refractivity contribution is 6.30. The quantitative estimate of drug-likeness (QED) is 0.809. The van der Waals surface area contributed by atoms with Crippen LogP contribution in [0.5, 0.6) is 0 Å². The van der Waals surface area contributed by atoms with Crippen molar-refractivity contribution in [3.63, 3.8) is 0 Å². The first kappa shape index (κ1) is 18.0. The van der Waals surface area contributed by atoms with Crippen molar-refractivity contribution in [2.45, 2.75) is 45.6 Å². The predicted molar refractivity (Wildman–Crippen MR) is 102 cm³/mol. The molecule has 0 aliphatic carbocycles. The lowest BCUT2D eigenvalue weighted by molar-refractivity contribution is -0.116. The Morgan fingerprint density at radius 3 is 3.04 bits per heavy atom. The van der Waals surface area contributed by atoms with Crippen molar-refractivity contribution in [2.24, 2.45) is 0 Å². The molecule has 1 aliphatic rings. The van der Waals surface area contributed by atoms with E-state index in [2.05, 4.69) is 27.3 Å². The molecule has 2 heterocycles. The van der Waals surface area contributed by atoms with Crippen LogP contribution in [0.25, 0.3) is 11.3 Å². The Labute approximate surface area is 153 Å². The lowest BCUT2D eigenvalue weighted by atomic mass is 10.1. The van der Waals surface area contributed by atoms with Crippen molar-refractivity contribution in [3.05, 3.63) is 34.9 Å². The molecule has 0 spiro atoms. The van der Waals surface area contributed by atoms with Gasteiger partial charge in [-0.2, -0.15) is 5.10 Å². The van der Waals surface area contributed by atoms with Gasteiger partial charge in [0.15, 0.2) is 0 Å². The standard InChI is InChI=1S/C19H25ClN4O/c1-13-7-8-15(20)11-16(13)17-12-18(23-22-17)21-19(25)6-4-10-24-9-3-5-14(24)2/h7-8,11-12,14H,3-6,9-10H2,1-2H3,(H2,21,22,23,25). The number of hydrogen-bond donors (Lipinski definition) is 2. The molecule has 6 heteroatoms. The zero-order valence-corrected chi connectivity index (χ0v) is 15.6. The topological polar surface area (TPSA) is 61.0 Å². The molecule has 1 unspecified atom stereocenters. The molecule has 25 heavy (non-hydrogen) atoms. The van der Waals surface area contributed by atoms with Gasteiger partial charge in [0.2, 0.25) is 5.91 Å². The summed E-state index contributed by atoms with van der Waals surface area (Å²) >= 11 is 6.07. The van der Waals surface area contributed by atoms with Gasteiger partial charge in [0, 0.05) is 29.1 Å². The van der Waals surface area contributed by atoms with Crippen molar-refractivity contribution in [2.75, 3.05) is 18.4 Å². The third kappa shape index (κ3) is 4.61. The number of likely N-dealkylation sites (tertiary alicyclic amines) is 1. The summed E-state index contributed by atoms with van der Waals surface area (Å²) in [5.41, 5.74) is 2.84. The van der Waals surface area contributed by atoms with Crippen LogP contribution in [0.15, 0.2) is 24.3 Å². The maximum atomic E-state index is 12.1. The lowest BCUT2D eigenvalue weighted by Gasteiger charge is -2.20. The van der Waals surface area contributed by atoms with E-state index in [0.717, 1.165) is 36.3 Å². The Balaban J connectivity index is 1.52. The summed E-state index contributed by atoms with van der Waals surface area (Å²) in [6.45, 7) is 6.42. The maximum absolute atomic E-state index is 12.1. The molecule has 2 aromatic rings. The van der Waals surface area contributed by atoms with Crippen LogP contribution >= 0.6 is 11.6 Å². The second-order valence-electron chi connectivity index (χ2n) is 6.81. The zero-order chi connectivity index (χ0) is 17.8. The SMILES string of the molecule is Cc1ccc(Cl)cc1-c1cc(NC(=O)CCCN2CCCC2C)[nH]n1. The number of amides is 1. The summed E-state index contributed by atoms with van der Waals surface area (Å²) in [6.07, 6.45) is 3.94. The monoisotopic (exact) mass is 360 g/mol. The van der Waals surface area contributed by atoms with Gasteiger partial charge in [-0.25, -0.2) is 0 Å². The minimum absolute atomic E-state index is 0.0184. The van der Waals surface area contributed by atoms with E-state index in [4.69, 9.17) is 11.6 Å². The highest BCUT2D eigenvalue weighted by atomic mass is 35.5. The van der Waals surface area contributed by atoms with Crippen LogP contribution < -0.4 is 5.32 Å². The molecule has 5 nitrogen and oxygen atoms in total. The van der Waals surface area contributed by atoms with Gasteiger partial charge in [0.25, 0.3) is 0 Å². The second-order valence-corrected chi connectivity index (χ2v) is 7.24. The summed E-state index contributed by atoms with van der Waals surface area (Å²) in [5, 5.41) is 10.7. The highest BCUT2D eigenvalue weighted by Crippen LogP contribution is 2.26. The van der Waals surface area contributed by atoms with Gasteiger partial charge in [-0.05, 0) is 63.9 Å². The molecule has 1 aromatic carbocycles. The smallest absolute Gasteiger partial charge is 0.225 e. The molecule has 1 amide bonds. The molecular weight excluding hydrogens is 336 g/mol.